The van der Waals surface area contributed by atoms with E-state index in [1.54, 1.807) is 48.5 Å². The van der Waals surface area contributed by atoms with Crippen molar-refractivity contribution in [1.29, 1.82) is 0 Å². The zero-order valence-electron chi connectivity index (χ0n) is 14.1. The second kappa shape index (κ2) is 8.41. The quantitative estimate of drug-likeness (QED) is 0.655. The van der Waals surface area contributed by atoms with Crippen molar-refractivity contribution in [3.8, 4) is 0 Å². The molecule has 1 heterocycles. The fourth-order valence-electron chi connectivity index (χ4n) is 2.27. The summed E-state index contributed by atoms with van der Waals surface area (Å²) in [7, 11) is 0. The molecule has 0 aliphatic carbocycles. The summed E-state index contributed by atoms with van der Waals surface area (Å²) in [5, 5.41) is 9.34. The summed E-state index contributed by atoms with van der Waals surface area (Å²) in [6.07, 6.45) is 0. The molecule has 27 heavy (non-hydrogen) atoms. The Labute approximate surface area is 163 Å². The van der Waals surface area contributed by atoms with Gasteiger partial charge in [-0.15, -0.1) is 0 Å². The number of rotatable bonds is 5. The van der Waals surface area contributed by atoms with Crippen molar-refractivity contribution in [1.82, 2.24) is 9.78 Å². The topological polar surface area (TPSA) is 93.1 Å². The predicted molar refractivity (Wildman–Crippen MR) is 106 cm³/mol. The molecule has 0 unspecified atom stereocenters. The van der Waals surface area contributed by atoms with Crippen LogP contribution in [-0.4, -0.2) is 21.6 Å². The molecule has 0 atom stereocenters. The van der Waals surface area contributed by atoms with Gasteiger partial charge in [-0.3, -0.25) is 14.4 Å². The van der Waals surface area contributed by atoms with Crippen molar-refractivity contribution < 1.29 is 9.59 Å². The minimum absolute atomic E-state index is 0.0369. The number of halogens is 1. The summed E-state index contributed by atoms with van der Waals surface area (Å²) >= 11 is 3.31. The molecule has 2 amide bonds. The molecule has 0 aliphatic rings. The zero-order chi connectivity index (χ0) is 19.2. The Hall–Kier alpha value is -3.26. The second-order valence-corrected chi connectivity index (χ2v) is 6.51. The average molecular weight is 427 g/mol. The van der Waals surface area contributed by atoms with Crippen molar-refractivity contribution in [3.05, 3.63) is 87.3 Å². The minimum Gasteiger partial charge on any atom is -0.324 e. The molecular formula is C19H15BrN4O3. The molecule has 7 nitrogen and oxygen atoms in total. The fourth-order valence-corrected chi connectivity index (χ4v) is 2.53. The fraction of sp³-hybridized carbons (Fsp3) is 0.0526. The van der Waals surface area contributed by atoms with E-state index in [9.17, 15) is 14.4 Å². The SMILES string of the molecule is O=C(Cn1nc(C(=O)Nc2ccccc2)ccc1=O)Nc1ccc(Br)cc1. The number of carbonyl (C=O) groups excluding carboxylic acids is 2. The highest BCUT2D eigenvalue weighted by atomic mass is 79.9. The van der Waals surface area contributed by atoms with E-state index in [1.165, 1.54) is 12.1 Å². The number of nitrogens with one attached hydrogen (secondary N) is 2. The molecule has 1 aromatic heterocycles. The van der Waals surface area contributed by atoms with Crippen LogP contribution in [0.4, 0.5) is 11.4 Å². The Kier molecular flexibility index (Phi) is 5.77. The first-order valence-corrected chi connectivity index (χ1v) is 8.80. The molecule has 0 aliphatic heterocycles. The third kappa shape index (κ3) is 5.11. The van der Waals surface area contributed by atoms with Crippen LogP contribution in [0.3, 0.4) is 0 Å². The minimum atomic E-state index is -0.475. The first-order chi connectivity index (χ1) is 13.0. The van der Waals surface area contributed by atoms with Gasteiger partial charge >= 0.3 is 0 Å². The van der Waals surface area contributed by atoms with Gasteiger partial charge in [-0.2, -0.15) is 5.10 Å². The number of nitrogens with zero attached hydrogens (tertiary/aromatic N) is 2. The molecule has 2 N–H and O–H groups in total. The lowest BCUT2D eigenvalue weighted by atomic mass is 10.3. The van der Waals surface area contributed by atoms with Gasteiger partial charge in [0.2, 0.25) is 5.91 Å². The van der Waals surface area contributed by atoms with Gasteiger partial charge in [0, 0.05) is 21.9 Å². The molecule has 0 bridgehead atoms. The van der Waals surface area contributed by atoms with Gasteiger partial charge in [-0.05, 0) is 42.5 Å². The number of amides is 2. The summed E-state index contributed by atoms with van der Waals surface area (Å²) in [5.74, 6) is -0.893. The highest BCUT2D eigenvalue weighted by Gasteiger charge is 2.12. The number of para-hydroxylation sites is 1. The first-order valence-electron chi connectivity index (χ1n) is 8.01. The molecule has 0 fully saturated rings. The third-order valence-corrected chi connectivity index (χ3v) is 4.08. The highest BCUT2D eigenvalue weighted by molar-refractivity contribution is 9.10. The summed E-state index contributed by atoms with van der Waals surface area (Å²) in [5.41, 5.74) is 0.761. The summed E-state index contributed by atoms with van der Waals surface area (Å²) in [6.45, 7) is -0.304. The van der Waals surface area contributed by atoms with Gasteiger partial charge in [0.05, 0.1) is 0 Å². The Morgan fingerprint density at radius 2 is 1.56 bits per heavy atom. The van der Waals surface area contributed by atoms with Crippen molar-refractivity contribution in [3.63, 3.8) is 0 Å². The molecule has 8 heteroatoms. The molecule has 0 spiro atoms. The Morgan fingerprint density at radius 1 is 0.889 bits per heavy atom. The standard InChI is InChI=1S/C19H15BrN4O3/c20-13-6-8-15(9-7-13)21-17(25)12-24-18(26)11-10-16(23-24)19(27)22-14-4-2-1-3-5-14/h1-11H,12H2,(H,21,25)(H,22,27). The molecular weight excluding hydrogens is 412 g/mol. The van der Waals surface area contributed by atoms with Crippen molar-refractivity contribution in [2.45, 2.75) is 6.54 Å². The van der Waals surface area contributed by atoms with E-state index in [2.05, 4.69) is 31.7 Å². The Bertz CT molecular complexity index is 1020. The van der Waals surface area contributed by atoms with E-state index in [1.807, 2.05) is 6.07 Å². The van der Waals surface area contributed by atoms with Crippen LogP contribution in [0.25, 0.3) is 0 Å². The van der Waals surface area contributed by atoms with E-state index in [0.29, 0.717) is 11.4 Å². The molecule has 3 aromatic rings. The van der Waals surface area contributed by atoms with Crippen LogP contribution >= 0.6 is 15.9 Å². The predicted octanol–water partition coefficient (Wildman–Crippen LogP) is 2.90. The maximum absolute atomic E-state index is 12.3. The average Bonchev–Trinajstić information content (AvgIpc) is 2.66. The number of anilines is 2. The molecule has 0 saturated heterocycles. The van der Waals surface area contributed by atoms with E-state index in [0.717, 1.165) is 9.15 Å². The number of benzene rings is 2. The lowest BCUT2D eigenvalue weighted by Crippen LogP contribution is -2.31. The second-order valence-electron chi connectivity index (χ2n) is 5.59. The first kappa shape index (κ1) is 18.5. The largest absolute Gasteiger partial charge is 0.324 e. The van der Waals surface area contributed by atoms with Gasteiger partial charge in [0.15, 0.2) is 0 Å². The monoisotopic (exact) mass is 426 g/mol. The highest BCUT2D eigenvalue weighted by Crippen LogP contribution is 2.14. The van der Waals surface area contributed by atoms with Crippen molar-refractivity contribution in [2.75, 3.05) is 10.6 Å². The third-order valence-electron chi connectivity index (χ3n) is 3.55. The van der Waals surface area contributed by atoms with Gasteiger partial charge in [-0.1, -0.05) is 34.1 Å². The number of hydrogen-bond donors (Lipinski definition) is 2. The smallest absolute Gasteiger partial charge is 0.276 e. The van der Waals surface area contributed by atoms with E-state index >= 15 is 0 Å². The van der Waals surface area contributed by atoms with Crippen LogP contribution in [0.1, 0.15) is 10.5 Å². The maximum Gasteiger partial charge on any atom is 0.276 e. The van der Waals surface area contributed by atoms with Crippen LogP contribution in [-0.2, 0) is 11.3 Å². The van der Waals surface area contributed by atoms with E-state index in [-0.39, 0.29) is 12.2 Å². The summed E-state index contributed by atoms with van der Waals surface area (Å²) in [6, 6.07) is 18.4. The summed E-state index contributed by atoms with van der Waals surface area (Å²) < 4.78 is 1.84. The van der Waals surface area contributed by atoms with Gasteiger partial charge < -0.3 is 10.6 Å². The number of carbonyl (C=O) groups is 2. The van der Waals surface area contributed by atoms with Gasteiger partial charge in [0.25, 0.3) is 11.5 Å². The lowest BCUT2D eigenvalue weighted by Gasteiger charge is -2.09. The number of hydrogen-bond acceptors (Lipinski definition) is 4. The maximum atomic E-state index is 12.3. The molecule has 0 radical (unpaired) electrons. The van der Waals surface area contributed by atoms with E-state index < -0.39 is 17.4 Å². The zero-order valence-corrected chi connectivity index (χ0v) is 15.6. The van der Waals surface area contributed by atoms with E-state index in [4.69, 9.17) is 0 Å². The summed E-state index contributed by atoms with van der Waals surface area (Å²) in [4.78, 5) is 36.4. The van der Waals surface area contributed by atoms with Crippen LogP contribution < -0.4 is 16.2 Å². The molecule has 2 aromatic carbocycles. The Morgan fingerprint density at radius 3 is 2.26 bits per heavy atom. The molecule has 0 saturated carbocycles. The van der Waals surface area contributed by atoms with Crippen LogP contribution in [0.5, 0.6) is 0 Å². The van der Waals surface area contributed by atoms with Gasteiger partial charge in [-0.25, -0.2) is 4.68 Å². The lowest BCUT2D eigenvalue weighted by molar-refractivity contribution is -0.117. The van der Waals surface area contributed by atoms with Crippen LogP contribution in [0, 0.1) is 0 Å². The van der Waals surface area contributed by atoms with Gasteiger partial charge in [0.1, 0.15) is 12.2 Å². The number of aromatic nitrogens is 2. The Balaban J connectivity index is 1.71. The van der Waals surface area contributed by atoms with Crippen LogP contribution in [0.15, 0.2) is 76.0 Å². The normalized spacial score (nSPS) is 10.3. The molecule has 3 rings (SSSR count). The van der Waals surface area contributed by atoms with Crippen LogP contribution in [0.2, 0.25) is 0 Å². The molecule has 136 valence electrons. The van der Waals surface area contributed by atoms with Crippen molar-refractivity contribution >= 4 is 39.1 Å². The van der Waals surface area contributed by atoms with Crippen molar-refractivity contribution in [2.24, 2.45) is 0 Å².